The van der Waals surface area contributed by atoms with Crippen molar-refractivity contribution in [1.82, 2.24) is 9.21 Å². The van der Waals surface area contributed by atoms with E-state index in [1.807, 2.05) is 14.0 Å². The van der Waals surface area contributed by atoms with Gasteiger partial charge in [0.05, 0.1) is 18.5 Å². The van der Waals surface area contributed by atoms with Crippen LogP contribution in [0.4, 0.5) is 0 Å². The molecule has 0 aromatic heterocycles. The number of hydrogen-bond acceptors (Lipinski definition) is 4. The molecule has 1 aliphatic rings. The van der Waals surface area contributed by atoms with E-state index in [0.717, 1.165) is 13.1 Å². The first kappa shape index (κ1) is 13.9. The lowest BCUT2D eigenvalue weighted by Gasteiger charge is -2.32. The summed E-state index contributed by atoms with van der Waals surface area (Å²) in [7, 11) is 0.559. The van der Waals surface area contributed by atoms with Crippen molar-refractivity contribution in [2.75, 3.05) is 46.1 Å². The van der Waals surface area contributed by atoms with Gasteiger partial charge in [0.25, 0.3) is 0 Å². The van der Waals surface area contributed by atoms with Crippen LogP contribution in [0.5, 0.6) is 0 Å². The molecule has 1 unspecified atom stereocenters. The zero-order valence-electron chi connectivity index (χ0n) is 10.3. The predicted molar refractivity (Wildman–Crippen MR) is 63.9 cm³/mol. The Bertz CT molecular complexity index is 305. The molecular weight excluding hydrogens is 228 g/mol. The van der Waals surface area contributed by atoms with E-state index in [9.17, 15) is 8.42 Å². The molecule has 1 fully saturated rings. The second-order valence-electron chi connectivity index (χ2n) is 4.35. The highest BCUT2D eigenvalue weighted by molar-refractivity contribution is 7.89. The molecule has 16 heavy (non-hydrogen) atoms. The SMILES string of the molecule is CCCS(=O)(=O)N(C)CC1CN(C)CCO1. The van der Waals surface area contributed by atoms with Crippen LogP contribution in [0.2, 0.25) is 0 Å². The lowest BCUT2D eigenvalue weighted by molar-refractivity contribution is -0.0247. The van der Waals surface area contributed by atoms with Crippen LogP contribution in [0, 0.1) is 0 Å². The van der Waals surface area contributed by atoms with Crippen molar-refractivity contribution in [2.45, 2.75) is 19.4 Å². The van der Waals surface area contributed by atoms with Gasteiger partial charge in [0.1, 0.15) is 0 Å². The van der Waals surface area contributed by atoms with E-state index in [1.54, 1.807) is 7.05 Å². The summed E-state index contributed by atoms with van der Waals surface area (Å²) in [5.74, 6) is 0.214. The van der Waals surface area contributed by atoms with Crippen LogP contribution in [-0.4, -0.2) is 69.8 Å². The summed E-state index contributed by atoms with van der Waals surface area (Å²) in [5, 5.41) is 0. The summed E-state index contributed by atoms with van der Waals surface area (Å²) < 4.78 is 30.4. The molecule has 0 N–H and O–H groups in total. The average molecular weight is 250 g/mol. The molecule has 0 bridgehead atoms. The first-order chi connectivity index (χ1) is 7.45. The molecule has 0 spiro atoms. The van der Waals surface area contributed by atoms with Crippen LogP contribution in [0.25, 0.3) is 0 Å². The minimum atomic E-state index is -3.09. The van der Waals surface area contributed by atoms with E-state index in [0.29, 0.717) is 19.6 Å². The molecule has 5 nitrogen and oxygen atoms in total. The topological polar surface area (TPSA) is 49.9 Å². The maximum absolute atomic E-state index is 11.7. The van der Waals surface area contributed by atoms with Gasteiger partial charge >= 0.3 is 0 Å². The van der Waals surface area contributed by atoms with Gasteiger partial charge in [-0.2, -0.15) is 0 Å². The van der Waals surface area contributed by atoms with Gasteiger partial charge < -0.3 is 9.64 Å². The third-order valence-electron chi connectivity index (χ3n) is 2.74. The molecule has 0 aromatic carbocycles. The Morgan fingerprint density at radius 3 is 2.75 bits per heavy atom. The van der Waals surface area contributed by atoms with E-state index < -0.39 is 10.0 Å². The summed E-state index contributed by atoms with van der Waals surface area (Å²) in [6.07, 6.45) is 0.647. The van der Waals surface area contributed by atoms with Crippen molar-refractivity contribution in [1.29, 1.82) is 0 Å². The maximum Gasteiger partial charge on any atom is 0.213 e. The third kappa shape index (κ3) is 4.01. The Labute approximate surface area is 98.4 Å². The van der Waals surface area contributed by atoms with Crippen LogP contribution in [-0.2, 0) is 14.8 Å². The second kappa shape index (κ2) is 5.95. The predicted octanol–water partition coefficient (Wildman–Crippen LogP) is -0.0114. The first-order valence-corrected chi connectivity index (χ1v) is 7.30. The molecule has 0 aromatic rings. The Morgan fingerprint density at radius 2 is 2.19 bits per heavy atom. The van der Waals surface area contributed by atoms with E-state index in [-0.39, 0.29) is 11.9 Å². The zero-order chi connectivity index (χ0) is 12.2. The summed E-state index contributed by atoms with van der Waals surface area (Å²) in [5.41, 5.74) is 0. The lowest BCUT2D eigenvalue weighted by atomic mass is 10.3. The molecule has 0 amide bonds. The van der Waals surface area contributed by atoms with Gasteiger partial charge in [0, 0.05) is 26.7 Å². The van der Waals surface area contributed by atoms with Gasteiger partial charge in [-0.3, -0.25) is 0 Å². The molecule has 0 radical (unpaired) electrons. The number of hydrogen-bond donors (Lipinski definition) is 0. The van der Waals surface area contributed by atoms with Gasteiger partial charge in [-0.25, -0.2) is 12.7 Å². The van der Waals surface area contributed by atoms with Crippen LogP contribution in [0.15, 0.2) is 0 Å². The standard InChI is InChI=1S/C10H22N2O3S/c1-4-7-16(13,14)12(3)9-10-8-11(2)5-6-15-10/h10H,4-9H2,1-3H3. The monoisotopic (exact) mass is 250 g/mol. The summed E-state index contributed by atoms with van der Waals surface area (Å²) in [6, 6.07) is 0. The molecule has 6 heteroatoms. The minimum absolute atomic E-state index is 0.00428. The number of nitrogens with zero attached hydrogens (tertiary/aromatic N) is 2. The highest BCUT2D eigenvalue weighted by Crippen LogP contribution is 2.08. The molecule has 1 aliphatic heterocycles. The quantitative estimate of drug-likeness (QED) is 0.688. The van der Waals surface area contributed by atoms with Gasteiger partial charge in [0.2, 0.25) is 10.0 Å². The van der Waals surface area contributed by atoms with Crippen molar-refractivity contribution in [3.63, 3.8) is 0 Å². The molecule has 1 heterocycles. The number of morpholine rings is 1. The lowest BCUT2D eigenvalue weighted by Crippen LogP contribution is -2.46. The Kier molecular flexibility index (Phi) is 5.17. The van der Waals surface area contributed by atoms with E-state index in [4.69, 9.17) is 4.74 Å². The Hall–Kier alpha value is -0.170. The van der Waals surface area contributed by atoms with Gasteiger partial charge in [0.15, 0.2) is 0 Å². The van der Waals surface area contributed by atoms with Crippen molar-refractivity contribution < 1.29 is 13.2 Å². The smallest absolute Gasteiger partial charge is 0.213 e. The average Bonchev–Trinajstić information content (AvgIpc) is 2.17. The fourth-order valence-electron chi connectivity index (χ4n) is 1.79. The number of likely N-dealkylation sites (N-methyl/N-ethyl adjacent to an activating group) is 2. The Morgan fingerprint density at radius 1 is 1.50 bits per heavy atom. The molecule has 96 valence electrons. The van der Waals surface area contributed by atoms with Crippen molar-refractivity contribution in [3.8, 4) is 0 Å². The van der Waals surface area contributed by atoms with E-state index in [2.05, 4.69) is 4.90 Å². The second-order valence-corrected chi connectivity index (χ2v) is 6.55. The van der Waals surface area contributed by atoms with Gasteiger partial charge in [-0.15, -0.1) is 0 Å². The molecule has 1 atom stereocenters. The van der Waals surface area contributed by atoms with Crippen LogP contribution in [0.1, 0.15) is 13.3 Å². The number of sulfonamides is 1. The molecule has 0 saturated carbocycles. The van der Waals surface area contributed by atoms with E-state index >= 15 is 0 Å². The summed E-state index contributed by atoms with van der Waals surface area (Å²) in [6.45, 7) is 4.72. The molecule has 1 rings (SSSR count). The number of ether oxygens (including phenoxy) is 1. The maximum atomic E-state index is 11.7. The summed E-state index contributed by atoms with van der Waals surface area (Å²) >= 11 is 0. The number of rotatable bonds is 5. The van der Waals surface area contributed by atoms with Crippen LogP contribution in [0.3, 0.4) is 0 Å². The third-order valence-corrected chi connectivity index (χ3v) is 4.76. The first-order valence-electron chi connectivity index (χ1n) is 5.70. The van der Waals surface area contributed by atoms with E-state index in [1.165, 1.54) is 4.31 Å². The normalized spacial score (nSPS) is 23.9. The molecule has 0 aliphatic carbocycles. The Balaban J connectivity index is 2.47. The highest BCUT2D eigenvalue weighted by Gasteiger charge is 2.24. The molecular formula is C10H22N2O3S. The van der Waals surface area contributed by atoms with Crippen LogP contribution >= 0.6 is 0 Å². The van der Waals surface area contributed by atoms with Gasteiger partial charge in [-0.1, -0.05) is 6.92 Å². The van der Waals surface area contributed by atoms with Crippen molar-refractivity contribution in [3.05, 3.63) is 0 Å². The highest BCUT2D eigenvalue weighted by atomic mass is 32.2. The fraction of sp³-hybridized carbons (Fsp3) is 1.00. The van der Waals surface area contributed by atoms with Crippen molar-refractivity contribution >= 4 is 10.0 Å². The summed E-state index contributed by atoms with van der Waals surface area (Å²) in [4.78, 5) is 2.16. The largest absolute Gasteiger partial charge is 0.374 e. The van der Waals surface area contributed by atoms with Crippen molar-refractivity contribution in [2.24, 2.45) is 0 Å². The molecule has 1 saturated heterocycles. The zero-order valence-corrected chi connectivity index (χ0v) is 11.2. The fourth-order valence-corrected chi connectivity index (χ4v) is 3.01. The minimum Gasteiger partial charge on any atom is -0.374 e. The van der Waals surface area contributed by atoms with Crippen LogP contribution < -0.4 is 0 Å². The van der Waals surface area contributed by atoms with Gasteiger partial charge in [-0.05, 0) is 13.5 Å².